The number of nitrogens with one attached hydrogen (secondary N) is 2. The molecule has 4 N–H and O–H groups in total. The molecule has 2 aliphatic heterocycles. The van der Waals surface area contributed by atoms with E-state index in [2.05, 4.69) is 29.9 Å². The molecule has 2 aliphatic rings. The molecule has 3 aromatic rings. The SMILES string of the molecule is CCc1c(C)c2nc3nc(cc4nc(nc5[nH]c(cc1[nH]2)c(CC)c5C)C(C)=C4CCC(=O)O)C(CCC(=O)O)=C3C. The molecule has 0 aromatic carbocycles. The molecule has 10 nitrogen and oxygen atoms in total. The zero-order chi connectivity index (χ0) is 30.3. The first-order valence-corrected chi connectivity index (χ1v) is 14.3. The van der Waals surface area contributed by atoms with Crippen molar-refractivity contribution in [3.63, 3.8) is 0 Å². The number of allylic oxidation sites excluding steroid dienone is 4. The lowest BCUT2D eigenvalue weighted by Gasteiger charge is -2.04. The summed E-state index contributed by atoms with van der Waals surface area (Å²) in [7, 11) is 0. The van der Waals surface area contributed by atoms with Gasteiger partial charge in [0.05, 0.1) is 11.4 Å². The highest BCUT2D eigenvalue weighted by atomic mass is 16.4. The van der Waals surface area contributed by atoms with Crippen LogP contribution in [-0.2, 0) is 22.4 Å². The summed E-state index contributed by atoms with van der Waals surface area (Å²) in [6, 6.07) is 3.93. The van der Waals surface area contributed by atoms with Gasteiger partial charge in [-0.25, -0.2) is 19.9 Å². The molecule has 0 saturated carbocycles. The summed E-state index contributed by atoms with van der Waals surface area (Å²) < 4.78 is 0. The lowest BCUT2D eigenvalue weighted by atomic mass is 9.99. The van der Waals surface area contributed by atoms with E-state index in [1.807, 2.05) is 33.8 Å². The summed E-state index contributed by atoms with van der Waals surface area (Å²) in [4.78, 5) is 49.6. The first-order chi connectivity index (χ1) is 20.0. The Hall–Kier alpha value is -4.60. The van der Waals surface area contributed by atoms with Crippen molar-refractivity contribution in [3.8, 4) is 0 Å². The number of aromatic amines is 2. The number of aromatic nitrogens is 6. The van der Waals surface area contributed by atoms with Crippen LogP contribution >= 0.6 is 0 Å². The highest BCUT2D eigenvalue weighted by Gasteiger charge is 2.24. The average molecular weight is 569 g/mol. The molecular formula is C32H36N6O4. The number of aryl methyl sites for hydroxylation is 4. The smallest absolute Gasteiger partial charge is 0.303 e. The number of rotatable bonds is 8. The van der Waals surface area contributed by atoms with Gasteiger partial charge in [-0.2, -0.15) is 0 Å². The van der Waals surface area contributed by atoms with Crippen LogP contribution in [0.3, 0.4) is 0 Å². The quantitative estimate of drug-likeness (QED) is 0.242. The number of carboxylic acids is 2. The fourth-order valence-corrected chi connectivity index (χ4v) is 5.89. The summed E-state index contributed by atoms with van der Waals surface area (Å²) >= 11 is 0. The summed E-state index contributed by atoms with van der Waals surface area (Å²) in [6.45, 7) is 12.1. The van der Waals surface area contributed by atoms with Gasteiger partial charge in [0.2, 0.25) is 0 Å². The minimum atomic E-state index is -0.899. The molecule has 10 heteroatoms. The molecule has 0 radical (unpaired) electrons. The normalized spacial score (nSPS) is 13.3. The number of hydrogen-bond donors (Lipinski definition) is 4. The van der Waals surface area contributed by atoms with E-state index in [1.54, 1.807) is 0 Å². The van der Waals surface area contributed by atoms with E-state index in [4.69, 9.17) is 19.9 Å². The van der Waals surface area contributed by atoms with E-state index in [1.165, 1.54) is 0 Å². The predicted molar refractivity (Wildman–Crippen MR) is 164 cm³/mol. The van der Waals surface area contributed by atoms with E-state index < -0.39 is 11.9 Å². The molecule has 5 rings (SSSR count). The molecule has 0 atom stereocenters. The average Bonchev–Trinajstić information content (AvgIpc) is 3.59. The zero-order valence-electron chi connectivity index (χ0n) is 24.9. The second-order valence-corrected chi connectivity index (χ2v) is 10.8. The van der Waals surface area contributed by atoms with E-state index in [-0.39, 0.29) is 25.7 Å². The number of hydrogen-bond acceptors (Lipinski definition) is 6. The van der Waals surface area contributed by atoms with Crippen molar-refractivity contribution in [2.24, 2.45) is 0 Å². The largest absolute Gasteiger partial charge is 0.481 e. The van der Waals surface area contributed by atoms with E-state index in [0.717, 1.165) is 68.4 Å². The van der Waals surface area contributed by atoms with Crippen LogP contribution in [0.2, 0.25) is 0 Å². The molecule has 0 spiro atoms. The van der Waals surface area contributed by atoms with Crippen molar-refractivity contribution in [2.75, 3.05) is 0 Å². The Morgan fingerprint density at radius 3 is 1.43 bits per heavy atom. The molecule has 0 unspecified atom stereocenters. The number of carbonyl (C=O) groups is 2. The third-order valence-corrected chi connectivity index (χ3v) is 8.30. The van der Waals surface area contributed by atoms with E-state index in [9.17, 15) is 19.8 Å². The van der Waals surface area contributed by atoms with Crippen LogP contribution in [0, 0.1) is 13.8 Å². The van der Waals surface area contributed by atoms with E-state index in [0.29, 0.717) is 34.3 Å². The molecular weight excluding hydrogens is 532 g/mol. The van der Waals surface area contributed by atoms with Crippen molar-refractivity contribution in [3.05, 3.63) is 57.4 Å². The van der Waals surface area contributed by atoms with Crippen LogP contribution in [-0.4, -0.2) is 52.1 Å². The summed E-state index contributed by atoms with van der Waals surface area (Å²) in [5.74, 6) is -0.771. The first kappa shape index (κ1) is 28.9. The van der Waals surface area contributed by atoms with E-state index >= 15 is 0 Å². The van der Waals surface area contributed by atoms with Crippen LogP contribution in [0.4, 0.5) is 0 Å². The number of nitrogens with zero attached hydrogens (tertiary/aromatic N) is 4. The van der Waals surface area contributed by atoms with Crippen LogP contribution in [0.15, 0.2) is 12.1 Å². The fourth-order valence-electron chi connectivity index (χ4n) is 5.89. The maximum atomic E-state index is 11.5. The van der Waals surface area contributed by atoms with Gasteiger partial charge in [0.25, 0.3) is 0 Å². The molecule has 8 bridgehead atoms. The van der Waals surface area contributed by atoms with Gasteiger partial charge in [0, 0.05) is 23.9 Å². The molecule has 0 saturated heterocycles. The van der Waals surface area contributed by atoms with Crippen LogP contribution in [0.25, 0.3) is 44.6 Å². The van der Waals surface area contributed by atoms with Crippen molar-refractivity contribution >= 4 is 56.6 Å². The van der Waals surface area contributed by atoms with Crippen molar-refractivity contribution < 1.29 is 19.8 Å². The van der Waals surface area contributed by atoms with Gasteiger partial charge in [0.1, 0.15) is 11.3 Å². The fraction of sp³-hybridized carbons (Fsp3) is 0.375. The Labute approximate surface area is 243 Å². The molecule has 3 aromatic heterocycles. The molecule has 218 valence electrons. The van der Waals surface area contributed by atoms with Gasteiger partial charge in [-0.3, -0.25) is 9.59 Å². The molecule has 0 fully saturated rings. The van der Waals surface area contributed by atoms with Crippen molar-refractivity contribution in [2.45, 2.75) is 80.1 Å². The third kappa shape index (κ3) is 5.24. The lowest BCUT2D eigenvalue weighted by molar-refractivity contribution is -0.137. The minimum Gasteiger partial charge on any atom is -0.481 e. The molecule has 42 heavy (non-hydrogen) atoms. The van der Waals surface area contributed by atoms with Gasteiger partial charge in [-0.05, 0) is 110 Å². The summed E-state index contributed by atoms with van der Waals surface area (Å²) in [5, 5.41) is 18.9. The number of carboxylic acid groups (broad SMARTS) is 2. The number of H-pyrrole nitrogens is 2. The second kappa shape index (κ2) is 11.3. The van der Waals surface area contributed by atoms with Crippen molar-refractivity contribution in [1.82, 2.24) is 29.9 Å². The Bertz CT molecular complexity index is 1730. The zero-order valence-corrected chi connectivity index (χ0v) is 24.9. The van der Waals surface area contributed by atoms with Gasteiger partial charge >= 0.3 is 11.9 Å². The number of fused-ring (bicyclic) bond motifs is 8. The second-order valence-electron chi connectivity index (χ2n) is 10.8. The standard InChI is InChI=1S/C32H36N6O4/c1-7-19-15(3)29-33-23(19)13-24-20(8-2)16(4)30(34-24)38-32-18(6)22(10-12-28(41)42)26(36-32)14-25-21(9-11-27(39)40)17(5)31(35-25)37-29/h13-14H,7-12H2,1-6H3,(H,39,40)(H,41,42)(H,33,35,37)(H,34,36,38). The van der Waals surface area contributed by atoms with Gasteiger partial charge in [-0.15, -0.1) is 0 Å². The maximum Gasteiger partial charge on any atom is 0.303 e. The van der Waals surface area contributed by atoms with Gasteiger partial charge in [-0.1, -0.05) is 13.8 Å². The topological polar surface area (TPSA) is 158 Å². The molecule has 0 amide bonds. The highest BCUT2D eigenvalue weighted by Crippen LogP contribution is 2.36. The Morgan fingerprint density at radius 1 is 0.667 bits per heavy atom. The van der Waals surface area contributed by atoms with Crippen LogP contribution in [0.5, 0.6) is 0 Å². The Balaban J connectivity index is 1.92. The molecule has 5 heterocycles. The summed E-state index contributed by atoms with van der Waals surface area (Å²) in [6.07, 6.45) is 2.09. The lowest BCUT2D eigenvalue weighted by Crippen LogP contribution is -1.97. The Morgan fingerprint density at radius 2 is 1.07 bits per heavy atom. The maximum absolute atomic E-state index is 11.5. The van der Waals surface area contributed by atoms with Gasteiger partial charge in [0.15, 0.2) is 11.6 Å². The van der Waals surface area contributed by atoms with Crippen LogP contribution < -0.4 is 0 Å². The Kier molecular flexibility index (Phi) is 7.81. The third-order valence-electron chi connectivity index (χ3n) is 8.30. The van der Waals surface area contributed by atoms with Crippen LogP contribution in [0.1, 0.15) is 98.7 Å². The predicted octanol–water partition coefficient (Wildman–Crippen LogP) is 6.44. The van der Waals surface area contributed by atoms with Crippen molar-refractivity contribution in [1.29, 1.82) is 0 Å². The molecule has 0 aliphatic carbocycles. The van der Waals surface area contributed by atoms with Gasteiger partial charge < -0.3 is 20.2 Å². The first-order valence-electron chi connectivity index (χ1n) is 14.3. The number of aliphatic carboxylic acids is 2. The monoisotopic (exact) mass is 568 g/mol. The minimum absolute atomic E-state index is 0.0542. The highest BCUT2D eigenvalue weighted by molar-refractivity contribution is 5.95. The summed E-state index contributed by atoms with van der Waals surface area (Å²) in [5.41, 5.74) is 12.1.